The van der Waals surface area contributed by atoms with Crippen LogP contribution >= 0.6 is 34.4 Å². The highest BCUT2D eigenvalue weighted by Crippen LogP contribution is 2.68. The van der Waals surface area contributed by atoms with Crippen molar-refractivity contribution in [3.63, 3.8) is 0 Å². The number of rotatable bonds is 5. The van der Waals surface area contributed by atoms with Gasteiger partial charge in [0, 0.05) is 33.9 Å². The maximum absolute atomic E-state index is 13.3. The van der Waals surface area contributed by atoms with Crippen molar-refractivity contribution in [2.24, 2.45) is 29.6 Å². The van der Waals surface area contributed by atoms with Crippen LogP contribution in [0.2, 0.25) is 0 Å². The summed E-state index contributed by atoms with van der Waals surface area (Å²) < 4.78 is 0. The molecule has 2 amide bonds. The highest BCUT2D eigenvalue weighted by molar-refractivity contribution is 8.00. The number of aromatic amines is 1. The van der Waals surface area contributed by atoms with Gasteiger partial charge >= 0.3 is 10.8 Å². The van der Waals surface area contributed by atoms with Gasteiger partial charge in [-0.25, -0.2) is 0 Å². The lowest BCUT2D eigenvalue weighted by Gasteiger charge is -2.42. The predicted octanol–water partition coefficient (Wildman–Crippen LogP) is 2.84. The van der Waals surface area contributed by atoms with Crippen molar-refractivity contribution in [3.8, 4) is 0 Å². The third-order valence-electron chi connectivity index (χ3n) is 7.44. The van der Waals surface area contributed by atoms with E-state index in [2.05, 4.69) is 11.1 Å². The van der Waals surface area contributed by atoms with Gasteiger partial charge in [-0.2, -0.15) is 0 Å². The van der Waals surface area contributed by atoms with Crippen LogP contribution in [0.25, 0.3) is 0 Å². The summed E-state index contributed by atoms with van der Waals surface area (Å²) in [5, 5.41) is 12.1. The largest absolute Gasteiger partial charge is 0.481 e. The molecule has 2 aromatic rings. The zero-order chi connectivity index (χ0) is 21.4. The Morgan fingerprint density at radius 3 is 2.68 bits per heavy atom. The summed E-state index contributed by atoms with van der Waals surface area (Å²) in [6.45, 7) is 0.188. The fourth-order valence-electron chi connectivity index (χ4n) is 6.47. The number of nitrogens with one attached hydrogen (secondary N) is 1. The molecule has 6 rings (SSSR count). The Bertz CT molecular complexity index is 1140. The van der Waals surface area contributed by atoms with E-state index in [1.807, 2.05) is 11.4 Å². The van der Waals surface area contributed by atoms with Gasteiger partial charge in [-0.3, -0.25) is 24.1 Å². The van der Waals surface area contributed by atoms with Crippen LogP contribution in [0.5, 0.6) is 0 Å². The van der Waals surface area contributed by atoms with Crippen LogP contribution in [0, 0.1) is 29.6 Å². The molecule has 2 saturated carbocycles. The van der Waals surface area contributed by atoms with Crippen molar-refractivity contribution in [1.29, 1.82) is 0 Å². The van der Waals surface area contributed by atoms with E-state index >= 15 is 0 Å². The molecular formula is C21H20N2O5S3. The van der Waals surface area contributed by atoms with Crippen molar-refractivity contribution >= 4 is 52.2 Å². The molecule has 10 heteroatoms. The molecule has 2 aliphatic heterocycles. The molecule has 0 unspecified atom stereocenters. The van der Waals surface area contributed by atoms with E-state index in [1.165, 1.54) is 21.1 Å². The van der Waals surface area contributed by atoms with Gasteiger partial charge in [0.05, 0.1) is 16.9 Å². The Balaban J connectivity index is 1.36. The molecule has 7 atom stereocenters. The zero-order valence-electron chi connectivity index (χ0n) is 16.4. The summed E-state index contributed by atoms with van der Waals surface area (Å²) >= 11 is 4.64. The fourth-order valence-corrected chi connectivity index (χ4v) is 10.3. The number of hydrogen-bond acceptors (Lipinski definition) is 7. The molecule has 31 heavy (non-hydrogen) atoms. The van der Waals surface area contributed by atoms with Crippen molar-refractivity contribution in [3.05, 3.63) is 36.9 Å². The normalized spacial score (nSPS) is 35.4. The topological polar surface area (TPSA) is 108 Å². The van der Waals surface area contributed by atoms with Gasteiger partial charge in [-0.1, -0.05) is 17.4 Å². The standard InChI is InChI=1S/C21H20N2O5S3/c24-11(25)4-1-5-23-19(26)13-8-7-9(14(13)20(23)27)16-12(8)15(10-3-2-6-29-10)17-18(30-16)22-21(28)31-17/h2-3,6,8-9,12-16H,1,4-5,7H2,(H,22,28)(H,24,25)/t8-,9+,12+,13+,14+,15-,16+/m0/s1. The van der Waals surface area contributed by atoms with Crippen LogP contribution in [0.1, 0.15) is 34.9 Å². The SMILES string of the molecule is O=C(O)CCCN1C(=O)[C@@H]2[C@H]3C[C@@H]([C@H]4Sc5[nH]c(=O)sc5[C@@H](c5cccs5)[C@@H]34)[C@H]2C1=O. The molecule has 162 valence electrons. The fraction of sp³-hybridized carbons (Fsp3) is 0.524. The van der Waals surface area contributed by atoms with Crippen molar-refractivity contribution in [2.75, 3.05) is 6.54 Å². The van der Waals surface area contributed by atoms with E-state index in [1.54, 1.807) is 23.1 Å². The van der Waals surface area contributed by atoms with Crippen molar-refractivity contribution in [1.82, 2.24) is 9.88 Å². The van der Waals surface area contributed by atoms with E-state index in [9.17, 15) is 19.2 Å². The number of carboxylic acid groups (broad SMARTS) is 1. The number of carboxylic acids is 1. The Labute approximate surface area is 189 Å². The summed E-state index contributed by atoms with van der Waals surface area (Å²) in [6, 6.07) is 4.13. The number of likely N-dealkylation sites (tertiary alicyclic amines) is 1. The monoisotopic (exact) mass is 476 g/mol. The number of imide groups is 1. The first-order valence-electron chi connectivity index (χ1n) is 10.5. The summed E-state index contributed by atoms with van der Waals surface area (Å²) in [6.07, 6.45) is 1.12. The molecule has 0 aromatic carbocycles. The summed E-state index contributed by atoms with van der Waals surface area (Å²) in [4.78, 5) is 56.0. The van der Waals surface area contributed by atoms with Gasteiger partial charge in [0.1, 0.15) is 0 Å². The first kappa shape index (κ1) is 19.8. The van der Waals surface area contributed by atoms with Crippen molar-refractivity contribution in [2.45, 2.75) is 35.5 Å². The Hall–Kier alpha value is -1.91. The molecule has 4 heterocycles. The molecule has 2 N–H and O–H groups in total. The molecule has 2 aromatic heterocycles. The highest BCUT2D eigenvalue weighted by atomic mass is 32.2. The molecular weight excluding hydrogens is 456 g/mol. The summed E-state index contributed by atoms with van der Waals surface area (Å²) in [7, 11) is 0. The zero-order valence-corrected chi connectivity index (χ0v) is 18.8. The number of amides is 2. The van der Waals surface area contributed by atoms with Crippen LogP contribution in [-0.4, -0.2) is 44.6 Å². The maximum Gasteiger partial charge on any atom is 0.305 e. The number of fused-ring (bicyclic) bond motifs is 9. The second kappa shape index (κ2) is 7.05. The maximum atomic E-state index is 13.3. The molecule has 2 aliphatic carbocycles. The molecule has 3 fully saturated rings. The molecule has 2 bridgehead atoms. The van der Waals surface area contributed by atoms with Crippen LogP contribution in [0.4, 0.5) is 0 Å². The van der Waals surface area contributed by atoms with Gasteiger partial charge in [-0.15, -0.1) is 23.1 Å². The lowest BCUT2D eigenvalue weighted by molar-refractivity contribution is -0.142. The first-order valence-corrected chi connectivity index (χ1v) is 13.0. The minimum absolute atomic E-state index is 0.0473. The van der Waals surface area contributed by atoms with E-state index < -0.39 is 5.97 Å². The number of aliphatic carboxylic acids is 1. The number of thiazole rings is 1. The summed E-state index contributed by atoms with van der Waals surface area (Å²) in [5.74, 6) is -1.21. The predicted molar refractivity (Wildman–Crippen MR) is 116 cm³/mol. The van der Waals surface area contributed by atoms with Crippen LogP contribution < -0.4 is 4.87 Å². The lowest BCUT2D eigenvalue weighted by atomic mass is 9.69. The second-order valence-electron chi connectivity index (χ2n) is 8.80. The molecule has 1 saturated heterocycles. The number of thiophene rings is 1. The Morgan fingerprint density at radius 1 is 1.19 bits per heavy atom. The molecule has 4 aliphatic rings. The molecule has 0 radical (unpaired) electrons. The van der Waals surface area contributed by atoms with Crippen LogP contribution in [-0.2, 0) is 14.4 Å². The van der Waals surface area contributed by atoms with Gasteiger partial charge in [0.2, 0.25) is 11.8 Å². The van der Waals surface area contributed by atoms with Gasteiger partial charge in [0.15, 0.2) is 0 Å². The smallest absolute Gasteiger partial charge is 0.305 e. The number of thioether (sulfide) groups is 1. The second-order valence-corrected chi connectivity index (χ2v) is 12.0. The average Bonchev–Trinajstić information content (AvgIpc) is 3.51. The summed E-state index contributed by atoms with van der Waals surface area (Å²) in [5.41, 5.74) is 0. The number of carbonyl (C=O) groups is 3. The Kier molecular flexibility index (Phi) is 4.49. The van der Waals surface area contributed by atoms with Gasteiger partial charge < -0.3 is 10.1 Å². The third kappa shape index (κ3) is 2.77. The number of aromatic nitrogens is 1. The quantitative estimate of drug-likeness (QED) is 0.643. The minimum atomic E-state index is -0.916. The molecule has 0 spiro atoms. The average molecular weight is 477 g/mol. The van der Waals surface area contributed by atoms with Gasteiger partial charge in [0.25, 0.3) is 0 Å². The number of carbonyl (C=O) groups excluding carboxylic acids is 2. The molecule has 7 nitrogen and oxygen atoms in total. The van der Waals surface area contributed by atoms with Crippen LogP contribution in [0.15, 0.2) is 27.3 Å². The number of hydrogen-bond donors (Lipinski definition) is 2. The van der Waals surface area contributed by atoms with Crippen molar-refractivity contribution < 1.29 is 19.5 Å². The van der Waals surface area contributed by atoms with Gasteiger partial charge in [-0.05, 0) is 42.0 Å². The van der Waals surface area contributed by atoms with E-state index in [0.29, 0.717) is 6.42 Å². The first-order chi connectivity index (χ1) is 15.0. The minimum Gasteiger partial charge on any atom is -0.481 e. The highest BCUT2D eigenvalue weighted by Gasteiger charge is 2.69. The van der Waals surface area contributed by atoms with E-state index in [0.717, 1.165) is 16.3 Å². The Morgan fingerprint density at radius 2 is 1.97 bits per heavy atom. The number of nitrogens with zero attached hydrogens (tertiary/aromatic N) is 1. The van der Waals surface area contributed by atoms with E-state index in [4.69, 9.17) is 5.11 Å². The third-order valence-corrected chi connectivity index (χ3v) is 11.0. The van der Waals surface area contributed by atoms with E-state index in [-0.39, 0.29) is 70.4 Å². The van der Waals surface area contributed by atoms with Crippen LogP contribution in [0.3, 0.4) is 0 Å². The lowest BCUT2D eigenvalue weighted by Crippen LogP contribution is -2.42. The number of H-pyrrole nitrogens is 1.